The van der Waals surface area contributed by atoms with Crippen LogP contribution in [0.5, 0.6) is 0 Å². The molecule has 4 rings (SSSR count). The third-order valence-corrected chi connectivity index (χ3v) is 8.23. The monoisotopic (exact) mass is 498 g/mol. The van der Waals surface area contributed by atoms with Crippen molar-refractivity contribution < 1.29 is 22.8 Å². The fourth-order valence-corrected chi connectivity index (χ4v) is 6.40. The van der Waals surface area contributed by atoms with E-state index in [9.17, 15) is 22.8 Å². The molecule has 0 radical (unpaired) electrons. The summed E-state index contributed by atoms with van der Waals surface area (Å²) in [4.78, 5) is 42.5. The fraction of sp³-hybridized carbons (Fsp3) is 0.400. The highest BCUT2D eigenvalue weighted by Gasteiger charge is 2.38. The lowest BCUT2D eigenvalue weighted by Gasteiger charge is -2.39. The first-order chi connectivity index (χ1) is 16.7. The molecule has 1 saturated heterocycles. The number of likely N-dealkylation sites (N-methyl/N-ethyl adjacent to an activating group) is 1. The number of para-hydroxylation sites is 2. The van der Waals surface area contributed by atoms with E-state index in [-0.39, 0.29) is 48.2 Å². The molecule has 2 aliphatic heterocycles. The normalized spacial score (nSPS) is 20.6. The van der Waals surface area contributed by atoms with E-state index in [0.717, 1.165) is 5.56 Å². The standard InChI is InChI=1S/C25H30N4O5S/c1-3-28(19-12-13-35(33,34)16-19)24(31)15-29-21-7-5-4-6-20(21)27-25(32)22(29)14-23(30)26-18-10-8-17(2)9-11-18/h4-11,19,22H,3,12-16H2,1-2H3,(H,26,30)(H,27,32)/t19-,22-/m1/s1. The van der Waals surface area contributed by atoms with Gasteiger partial charge in [0.15, 0.2) is 9.84 Å². The molecule has 2 N–H and O–H groups in total. The van der Waals surface area contributed by atoms with Crippen molar-refractivity contribution in [3.05, 3.63) is 54.1 Å². The number of nitrogens with zero attached hydrogens (tertiary/aromatic N) is 2. The molecule has 1 fully saturated rings. The average Bonchev–Trinajstić information content (AvgIpc) is 3.17. The molecule has 2 aromatic rings. The lowest BCUT2D eigenvalue weighted by molar-refractivity contribution is -0.131. The summed E-state index contributed by atoms with van der Waals surface area (Å²) in [5.74, 6) is -0.977. The number of amides is 3. The molecule has 2 heterocycles. The third-order valence-electron chi connectivity index (χ3n) is 6.48. The van der Waals surface area contributed by atoms with Gasteiger partial charge in [0.05, 0.1) is 35.8 Å². The Morgan fingerprint density at radius 2 is 1.86 bits per heavy atom. The third kappa shape index (κ3) is 5.64. The fourth-order valence-electron chi connectivity index (χ4n) is 4.67. The number of sulfone groups is 1. The molecule has 2 atom stereocenters. The number of nitrogens with one attached hydrogen (secondary N) is 2. The summed E-state index contributed by atoms with van der Waals surface area (Å²) >= 11 is 0. The van der Waals surface area contributed by atoms with Crippen LogP contribution in [-0.4, -0.2) is 67.7 Å². The van der Waals surface area contributed by atoms with Crippen molar-refractivity contribution in [2.24, 2.45) is 0 Å². The van der Waals surface area contributed by atoms with Gasteiger partial charge in [-0.15, -0.1) is 0 Å². The molecule has 0 bridgehead atoms. The molecule has 0 aromatic heterocycles. The minimum Gasteiger partial charge on any atom is -0.348 e. The Bertz CT molecular complexity index is 1230. The molecule has 186 valence electrons. The van der Waals surface area contributed by atoms with Crippen LogP contribution < -0.4 is 15.5 Å². The molecule has 35 heavy (non-hydrogen) atoms. The van der Waals surface area contributed by atoms with Crippen molar-refractivity contribution in [3.63, 3.8) is 0 Å². The summed E-state index contributed by atoms with van der Waals surface area (Å²) in [6.45, 7) is 3.98. The van der Waals surface area contributed by atoms with Gasteiger partial charge in [-0.25, -0.2) is 8.42 Å². The van der Waals surface area contributed by atoms with Crippen LogP contribution in [0.4, 0.5) is 17.1 Å². The molecule has 2 aliphatic rings. The number of aryl methyl sites for hydroxylation is 1. The number of rotatable bonds is 7. The zero-order valence-corrected chi connectivity index (χ0v) is 20.7. The predicted octanol–water partition coefficient (Wildman–Crippen LogP) is 2.19. The summed E-state index contributed by atoms with van der Waals surface area (Å²) in [5.41, 5.74) is 2.89. The molecular weight excluding hydrogens is 468 g/mol. The first kappa shape index (κ1) is 24.7. The van der Waals surface area contributed by atoms with Crippen LogP contribution in [0.3, 0.4) is 0 Å². The molecular formula is C25H30N4O5S. The lowest BCUT2D eigenvalue weighted by Crippen LogP contribution is -2.54. The van der Waals surface area contributed by atoms with E-state index in [1.165, 1.54) is 0 Å². The van der Waals surface area contributed by atoms with E-state index >= 15 is 0 Å². The minimum absolute atomic E-state index is 0.0496. The minimum atomic E-state index is -3.16. The first-order valence-corrected chi connectivity index (χ1v) is 13.5. The maximum atomic E-state index is 13.4. The summed E-state index contributed by atoms with van der Waals surface area (Å²) < 4.78 is 24.0. The molecule has 3 amide bonds. The zero-order valence-electron chi connectivity index (χ0n) is 19.9. The zero-order chi connectivity index (χ0) is 25.2. The van der Waals surface area contributed by atoms with Crippen LogP contribution >= 0.6 is 0 Å². The SMILES string of the molecule is CCN(C(=O)CN1c2ccccc2NC(=O)[C@H]1CC(=O)Nc1ccc(C)cc1)[C@@H]1CCS(=O)(=O)C1. The van der Waals surface area contributed by atoms with Gasteiger partial charge in [0, 0.05) is 18.3 Å². The Morgan fingerprint density at radius 3 is 2.51 bits per heavy atom. The van der Waals surface area contributed by atoms with Crippen molar-refractivity contribution in [2.45, 2.75) is 38.8 Å². The van der Waals surface area contributed by atoms with E-state index in [1.807, 2.05) is 26.0 Å². The van der Waals surface area contributed by atoms with Gasteiger partial charge < -0.3 is 20.4 Å². The van der Waals surface area contributed by atoms with Crippen LogP contribution in [0.25, 0.3) is 0 Å². The Labute approximate surface area is 205 Å². The number of benzene rings is 2. The summed E-state index contributed by atoms with van der Waals surface area (Å²) in [6.07, 6.45) is 0.257. The van der Waals surface area contributed by atoms with E-state index < -0.39 is 15.9 Å². The van der Waals surface area contributed by atoms with Crippen molar-refractivity contribution in [3.8, 4) is 0 Å². The highest BCUT2D eigenvalue weighted by atomic mass is 32.2. The Hall–Kier alpha value is -3.40. The van der Waals surface area contributed by atoms with Gasteiger partial charge in [-0.2, -0.15) is 0 Å². The molecule has 9 nitrogen and oxygen atoms in total. The number of anilines is 3. The molecule has 0 unspecified atom stereocenters. The van der Waals surface area contributed by atoms with Crippen LogP contribution in [0.2, 0.25) is 0 Å². The Balaban J connectivity index is 1.55. The molecule has 10 heteroatoms. The lowest BCUT2D eigenvalue weighted by atomic mass is 10.0. The van der Waals surface area contributed by atoms with Gasteiger partial charge in [-0.3, -0.25) is 14.4 Å². The van der Waals surface area contributed by atoms with Gasteiger partial charge in [-0.05, 0) is 44.5 Å². The second kappa shape index (κ2) is 10.1. The highest BCUT2D eigenvalue weighted by Crippen LogP contribution is 2.33. The molecule has 0 aliphatic carbocycles. The predicted molar refractivity (Wildman–Crippen MR) is 135 cm³/mol. The van der Waals surface area contributed by atoms with Crippen LogP contribution in [0, 0.1) is 6.92 Å². The van der Waals surface area contributed by atoms with Crippen molar-refractivity contribution in [1.82, 2.24) is 4.90 Å². The summed E-state index contributed by atoms with van der Waals surface area (Å²) in [6, 6.07) is 13.2. The highest BCUT2D eigenvalue weighted by molar-refractivity contribution is 7.91. The van der Waals surface area contributed by atoms with E-state index in [2.05, 4.69) is 10.6 Å². The number of hydrogen-bond acceptors (Lipinski definition) is 6. The number of hydrogen-bond donors (Lipinski definition) is 2. The maximum Gasteiger partial charge on any atom is 0.247 e. The Morgan fingerprint density at radius 1 is 1.14 bits per heavy atom. The average molecular weight is 499 g/mol. The van der Waals surface area contributed by atoms with Gasteiger partial charge in [-0.1, -0.05) is 29.8 Å². The van der Waals surface area contributed by atoms with Crippen molar-refractivity contribution in [1.29, 1.82) is 0 Å². The van der Waals surface area contributed by atoms with E-state index in [4.69, 9.17) is 0 Å². The first-order valence-electron chi connectivity index (χ1n) is 11.7. The van der Waals surface area contributed by atoms with Gasteiger partial charge in [0.2, 0.25) is 17.7 Å². The van der Waals surface area contributed by atoms with Crippen LogP contribution in [0.15, 0.2) is 48.5 Å². The summed E-state index contributed by atoms with van der Waals surface area (Å²) in [5, 5.41) is 5.65. The largest absolute Gasteiger partial charge is 0.348 e. The smallest absolute Gasteiger partial charge is 0.247 e. The van der Waals surface area contributed by atoms with Crippen molar-refractivity contribution in [2.75, 3.05) is 40.1 Å². The van der Waals surface area contributed by atoms with E-state index in [0.29, 0.717) is 30.0 Å². The second-order valence-corrected chi connectivity index (χ2v) is 11.2. The van der Waals surface area contributed by atoms with Crippen molar-refractivity contribution >= 4 is 44.6 Å². The van der Waals surface area contributed by atoms with Crippen LogP contribution in [-0.2, 0) is 24.2 Å². The number of carbonyl (C=O) groups is 3. The molecule has 2 aromatic carbocycles. The molecule has 0 saturated carbocycles. The second-order valence-electron chi connectivity index (χ2n) is 9.01. The van der Waals surface area contributed by atoms with Gasteiger partial charge in [0.25, 0.3) is 0 Å². The number of carbonyl (C=O) groups excluding carboxylic acids is 3. The Kier molecular flexibility index (Phi) is 7.11. The quantitative estimate of drug-likeness (QED) is 0.605. The summed E-state index contributed by atoms with van der Waals surface area (Å²) in [7, 11) is -3.16. The van der Waals surface area contributed by atoms with Gasteiger partial charge in [0.1, 0.15) is 6.04 Å². The molecule has 0 spiro atoms. The van der Waals surface area contributed by atoms with Gasteiger partial charge >= 0.3 is 0 Å². The maximum absolute atomic E-state index is 13.4. The van der Waals surface area contributed by atoms with Crippen LogP contribution in [0.1, 0.15) is 25.3 Å². The van der Waals surface area contributed by atoms with E-state index in [1.54, 1.807) is 46.2 Å². The number of fused-ring (bicyclic) bond motifs is 1. The topological polar surface area (TPSA) is 116 Å².